The van der Waals surface area contributed by atoms with Crippen molar-refractivity contribution in [3.63, 3.8) is 0 Å². The average molecular weight is 274 g/mol. The second kappa shape index (κ2) is 5.65. The summed E-state index contributed by atoms with van der Waals surface area (Å²) >= 11 is 11.4. The van der Waals surface area contributed by atoms with Crippen molar-refractivity contribution in [1.82, 2.24) is 15.3 Å². The molecule has 1 aliphatic rings. The maximum absolute atomic E-state index is 11.9. The van der Waals surface area contributed by atoms with E-state index in [0.717, 1.165) is 25.7 Å². The predicted molar refractivity (Wildman–Crippen MR) is 66.4 cm³/mol. The fourth-order valence-corrected chi connectivity index (χ4v) is 2.41. The van der Waals surface area contributed by atoms with Crippen LogP contribution in [0.25, 0.3) is 0 Å². The minimum Gasteiger partial charge on any atom is -0.347 e. The van der Waals surface area contributed by atoms with Crippen molar-refractivity contribution in [3.8, 4) is 0 Å². The van der Waals surface area contributed by atoms with Gasteiger partial charge < -0.3 is 5.32 Å². The van der Waals surface area contributed by atoms with Crippen LogP contribution in [0.2, 0.25) is 10.3 Å². The van der Waals surface area contributed by atoms with Gasteiger partial charge in [0.25, 0.3) is 5.91 Å². The molecule has 6 heteroatoms. The second-order valence-corrected chi connectivity index (χ2v) is 4.92. The van der Waals surface area contributed by atoms with E-state index in [1.54, 1.807) is 0 Å². The Hall–Kier alpha value is -0.870. The van der Waals surface area contributed by atoms with Gasteiger partial charge in [-0.25, -0.2) is 9.97 Å². The number of hydrogen-bond acceptors (Lipinski definition) is 3. The molecule has 1 aliphatic carbocycles. The molecule has 92 valence electrons. The van der Waals surface area contributed by atoms with Crippen molar-refractivity contribution in [3.05, 3.63) is 22.2 Å². The van der Waals surface area contributed by atoms with Crippen LogP contribution in [0.3, 0.4) is 0 Å². The van der Waals surface area contributed by atoms with Crippen molar-refractivity contribution in [1.29, 1.82) is 0 Å². The van der Waals surface area contributed by atoms with Gasteiger partial charge >= 0.3 is 0 Å². The largest absolute Gasteiger partial charge is 0.347 e. The highest BCUT2D eigenvalue weighted by Gasteiger charge is 2.18. The van der Waals surface area contributed by atoms with Gasteiger partial charge in [0.15, 0.2) is 0 Å². The second-order valence-electron chi connectivity index (χ2n) is 4.15. The van der Waals surface area contributed by atoms with Gasteiger partial charge in [-0.2, -0.15) is 0 Å². The molecule has 0 aromatic carbocycles. The molecule has 2 rings (SSSR count). The molecule has 1 aromatic heterocycles. The molecule has 0 unspecified atom stereocenters. The molecule has 1 heterocycles. The highest BCUT2D eigenvalue weighted by molar-refractivity contribution is 6.33. The summed E-state index contributed by atoms with van der Waals surface area (Å²) in [6.07, 6.45) is 5.58. The fourth-order valence-electron chi connectivity index (χ4n) is 1.99. The van der Waals surface area contributed by atoms with E-state index in [9.17, 15) is 4.79 Å². The molecule has 1 aromatic rings. The van der Waals surface area contributed by atoms with Gasteiger partial charge in [0.2, 0.25) is 5.82 Å². The van der Waals surface area contributed by atoms with Crippen LogP contribution < -0.4 is 5.32 Å². The van der Waals surface area contributed by atoms with Crippen LogP contribution >= 0.6 is 23.2 Å². The van der Waals surface area contributed by atoms with Crippen molar-refractivity contribution < 1.29 is 4.79 Å². The van der Waals surface area contributed by atoms with E-state index in [0.29, 0.717) is 0 Å². The highest BCUT2D eigenvalue weighted by Crippen LogP contribution is 2.18. The molecule has 17 heavy (non-hydrogen) atoms. The van der Waals surface area contributed by atoms with Crippen LogP contribution in [-0.4, -0.2) is 21.9 Å². The minimum atomic E-state index is -0.304. The van der Waals surface area contributed by atoms with Gasteiger partial charge in [0.05, 0.1) is 0 Å². The molecule has 0 spiro atoms. The Kier molecular flexibility index (Phi) is 4.18. The first-order chi connectivity index (χ1) is 8.15. The number of nitrogens with zero attached hydrogens (tertiary/aromatic N) is 2. The summed E-state index contributed by atoms with van der Waals surface area (Å²) in [5, 5.41) is 3.27. The monoisotopic (exact) mass is 273 g/mol. The standard InChI is InChI=1S/C11H13Cl2N3O/c12-8-6-9(13)16-10(15-8)11(17)14-7-4-2-1-3-5-7/h6-7H,1-5H2,(H,14,17). The van der Waals surface area contributed by atoms with Crippen LogP contribution in [0, 0.1) is 0 Å². The van der Waals surface area contributed by atoms with Crippen LogP contribution in [0.15, 0.2) is 6.07 Å². The lowest BCUT2D eigenvalue weighted by molar-refractivity contribution is 0.0917. The summed E-state index contributed by atoms with van der Waals surface area (Å²) in [5.41, 5.74) is 0. The molecular formula is C11H13Cl2N3O. The van der Waals surface area contributed by atoms with Crippen molar-refractivity contribution in [2.75, 3.05) is 0 Å². The zero-order chi connectivity index (χ0) is 12.3. The zero-order valence-electron chi connectivity index (χ0n) is 9.25. The normalized spacial score (nSPS) is 16.8. The van der Waals surface area contributed by atoms with Gasteiger partial charge in [-0.05, 0) is 12.8 Å². The molecule has 0 radical (unpaired) electrons. The van der Waals surface area contributed by atoms with Crippen LogP contribution in [0.4, 0.5) is 0 Å². The third-order valence-electron chi connectivity index (χ3n) is 2.81. The van der Waals surface area contributed by atoms with Crippen LogP contribution in [0.1, 0.15) is 42.7 Å². The van der Waals surface area contributed by atoms with E-state index in [4.69, 9.17) is 23.2 Å². The van der Waals surface area contributed by atoms with Gasteiger partial charge in [-0.3, -0.25) is 4.79 Å². The van der Waals surface area contributed by atoms with E-state index >= 15 is 0 Å². The first kappa shape index (κ1) is 12.6. The Labute approximate surface area is 110 Å². The Bertz CT molecular complexity index is 399. The number of halogens is 2. The van der Waals surface area contributed by atoms with Crippen molar-refractivity contribution in [2.24, 2.45) is 0 Å². The topological polar surface area (TPSA) is 54.9 Å². The summed E-state index contributed by atoms with van der Waals surface area (Å²) < 4.78 is 0. The lowest BCUT2D eigenvalue weighted by atomic mass is 9.95. The average Bonchev–Trinajstić information content (AvgIpc) is 2.29. The third kappa shape index (κ3) is 3.54. The smallest absolute Gasteiger partial charge is 0.289 e. The molecule has 1 amide bonds. The third-order valence-corrected chi connectivity index (χ3v) is 3.19. The first-order valence-corrected chi connectivity index (χ1v) is 6.41. The summed E-state index contributed by atoms with van der Waals surface area (Å²) in [7, 11) is 0. The number of hydrogen-bond donors (Lipinski definition) is 1. The SMILES string of the molecule is O=C(NC1CCCCC1)c1nc(Cl)cc(Cl)n1. The molecule has 1 N–H and O–H groups in total. The van der Waals surface area contributed by atoms with Gasteiger partial charge in [0.1, 0.15) is 10.3 Å². The summed E-state index contributed by atoms with van der Waals surface area (Å²) in [4.78, 5) is 19.6. The van der Waals surface area contributed by atoms with Gasteiger partial charge in [-0.15, -0.1) is 0 Å². The molecule has 0 atom stereocenters. The zero-order valence-corrected chi connectivity index (χ0v) is 10.8. The predicted octanol–water partition coefficient (Wildman–Crippen LogP) is 2.85. The Morgan fingerprint density at radius 2 is 1.76 bits per heavy atom. The number of rotatable bonds is 2. The molecule has 0 bridgehead atoms. The van der Waals surface area contributed by atoms with Crippen molar-refractivity contribution in [2.45, 2.75) is 38.1 Å². The fraction of sp³-hybridized carbons (Fsp3) is 0.545. The Morgan fingerprint density at radius 3 is 2.35 bits per heavy atom. The number of carbonyl (C=O) groups is 1. The number of carbonyl (C=O) groups excluding carboxylic acids is 1. The van der Waals surface area contributed by atoms with E-state index in [-0.39, 0.29) is 28.1 Å². The maximum atomic E-state index is 11.9. The number of aromatic nitrogens is 2. The first-order valence-electron chi connectivity index (χ1n) is 5.66. The Balaban J connectivity index is 2.03. The number of nitrogens with one attached hydrogen (secondary N) is 1. The lowest BCUT2D eigenvalue weighted by Gasteiger charge is -2.22. The molecule has 0 aliphatic heterocycles. The Morgan fingerprint density at radius 1 is 1.18 bits per heavy atom. The van der Waals surface area contributed by atoms with E-state index in [1.807, 2.05) is 0 Å². The summed E-state index contributed by atoms with van der Waals surface area (Å²) in [6.45, 7) is 0. The molecular weight excluding hydrogens is 261 g/mol. The molecule has 1 fully saturated rings. The highest BCUT2D eigenvalue weighted by atomic mass is 35.5. The quantitative estimate of drug-likeness (QED) is 0.844. The van der Waals surface area contributed by atoms with Gasteiger partial charge in [-0.1, -0.05) is 42.5 Å². The maximum Gasteiger partial charge on any atom is 0.289 e. The van der Waals surface area contributed by atoms with E-state index in [2.05, 4.69) is 15.3 Å². The number of amides is 1. The van der Waals surface area contributed by atoms with Crippen molar-refractivity contribution >= 4 is 29.1 Å². The molecule has 4 nitrogen and oxygen atoms in total. The molecule has 0 saturated heterocycles. The van der Waals surface area contributed by atoms with E-state index in [1.165, 1.54) is 12.5 Å². The lowest BCUT2D eigenvalue weighted by Crippen LogP contribution is -2.37. The van der Waals surface area contributed by atoms with Gasteiger partial charge in [0, 0.05) is 12.1 Å². The molecule has 1 saturated carbocycles. The van der Waals surface area contributed by atoms with Crippen LogP contribution in [-0.2, 0) is 0 Å². The summed E-state index contributed by atoms with van der Waals surface area (Å²) in [5.74, 6) is -0.269. The summed E-state index contributed by atoms with van der Waals surface area (Å²) in [6, 6.07) is 1.62. The van der Waals surface area contributed by atoms with Crippen LogP contribution in [0.5, 0.6) is 0 Å². The van der Waals surface area contributed by atoms with E-state index < -0.39 is 0 Å². The minimum absolute atomic E-state index is 0.0353.